The molecule has 1 aliphatic rings. The summed E-state index contributed by atoms with van der Waals surface area (Å²) >= 11 is 0. The van der Waals surface area contributed by atoms with Crippen molar-refractivity contribution in [3.05, 3.63) is 30.6 Å². The van der Waals surface area contributed by atoms with Gasteiger partial charge in [0, 0.05) is 25.3 Å². The Bertz CT molecular complexity index is 446. The molecule has 1 fully saturated rings. The molecular weight excluding hydrogens is 226 g/mol. The Balaban J connectivity index is 2.22. The highest BCUT2D eigenvalue weighted by Gasteiger charge is 2.29. The van der Waals surface area contributed by atoms with Crippen LogP contribution in [0, 0.1) is 0 Å². The van der Waals surface area contributed by atoms with Crippen molar-refractivity contribution in [2.24, 2.45) is 0 Å². The van der Waals surface area contributed by atoms with E-state index in [4.69, 9.17) is 5.73 Å². The summed E-state index contributed by atoms with van der Waals surface area (Å²) < 4.78 is 2.03. The predicted octanol–water partition coefficient (Wildman–Crippen LogP) is 2.44. The van der Waals surface area contributed by atoms with Gasteiger partial charge in [-0.1, -0.05) is 13.0 Å². The number of carbonyl (C=O) groups excluding carboxylic acids is 1. The van der Waals surface area contributed by atoms with Crippen LogP contribution >= 0.6 is 0 Å². The van der Waals surface area contributed by atoms with E-state index in [-0.39, 0.29) is 5.91 Å². The summed E-state index contributed by atoms with van der Waals surface area (Å²) in [6.45, 7) is 7.11. The Morgan fingerprint density at radius 2 is 2.39 bits per heavy atom. The number of rotatable bonds is 6. The molecule has 1 aromatic rings. The van der Waals surface area contributed by atoms with Gasteiger partial charge in [-0.15, -0.1) is 6.58 Å². The largest absolute Gasteiger partial charge is 0.397 e. The predicted molar refractivity (Wildman–Crippen MR) is 73.5 cm³/mol. The van der Waals surface area contributed by atoms with Crippen LogP contribution in [-0.2, 0) is 0 Å². The monoisotopic (exact) mass is 247 g/mol. The zero-order valence-electron chi connectivity index (χ0n) is 10.9. The molecule has 1 amide bonds. The Morgan fingerprint density at radius 1 is 1.67 bits per heavy atom. The van der Waals surface area contributed by atoms with Crippen molar-refractivity contribution in [3.63, 3.8) is 0 Å². The molecule has 0 saturated heterocycles. The molecule has 0 aliphatic heterocycles. The number of hydrogen-bond donors (Lipinski definition) is 1. The number of amides is 1. The number of nitrogens with zero attached hydrogens (tertiary/aromatic N) is 2. The van der Waals surface area contributed by atoms with Crippen LogP contribution in [0.2, 0.25) is 0 Å². The lowest BCUT2D eigenvalue weighted by Crippen LogP contribution is -2.33. The number of nitrogen functional groups attached to an aromatic ring is 1. The fraction of sp³-hybridized carbons (Fsp3) is 0.500. The Labute approximate surface area is 108 Å². The summed E-state index contributed by atoms with van der Waals surface area (Å²) in [5.74, 6) is 0.0559. The molecule has 18 heavy (non-hydrogen) atoms. The van der Waals surface area contributed by atoms with Crippen molar-refractivity contribution in [1.82, 2.24) is 9.47 Å². The Morgan fingerprint density at radius 3 is 2.94 bits per heavy atom. The molecule has 0 radical (unpaired) electrons. The van der Waals surface area contributed by atoms with Crippen LogP contribution in [0.25, 0.3) is 0 Å². The summed E-state index contributed by atoms with van der Waals surface area (Å²) in [7, 11) is 0. The maximum absolute atomic E-state index is 12.5. The molecule has 4 heteroatoms. The van der Waals surface area contributed by atoms with Gasteiger partial charge in [-0.3, -0.25) is 4.79 Å². The summed E-state index contributed by atoms with van der Waals surface area (Å²) in [5, 5.41) is 0. The van der Waals surface area contributed by atoms with E-state index >= 15 is 0 Å². The molecular formula is C14H21N3O. The van der Waals surface area contributed by atoms with Gasteiger partial charge in [0.2, 0.25) is 0 Å². The normalized spacial score (nSPS) is 14.5. The average molecular weight is 247 g/mol. The molecule has 0 aromatic carbocycles. The second-order valence-electron chi connectivity index (χ2n) is 4.84. The third-order valence-electron chi connectivity index (χ3n) is 3.16. The van der Waals surface area contributed by atoms with Crippen molar-refractivity contribution in [2.75, 3.05) is 18.8 Å². The Hall–Kier alpha value is -1.71. The SMILES string of the molecule is C=CCN(CCC)C(=O)c1cc(N)cn1C1CC1. The highest BCUT2D eigenvalue weighted by atomic mass is 16.2. The van der Waals surface area contributed by atoms with Crippen molar-refractivity contribution < 1.29 is 4.79 Å². The molecule has 0 bridgehead atoms. The van der Waals surface area contributed by atoms with Crippen LogP contribution in [0.4, 0.5) is 5.69 Å². The van der Waals surface area contributed by atoms with E-state index in [1.54, 1.807) is 12.1 Å². The van der Waals surface area contributed by atoms with Crippen LogP contribution in [0.1, 0.15) is 42.7 Å². The number of anilines is 1. The molecule has 1 aliphatic carbocycles. The van der Waals surface area contributed by atoms with Crippen LogP contribution in [0.15, 0.2) is 24.9 Å². The molecule has 1 aromatic heterocycles. The van der Waals surface area contributed by atoms with Gasteiger partial charge in [-0.25, -0.2) is 0 Å². The van der Waals surface area contributed by atoms with E-state index < -0.39 is 0 Å². The van der Waals surface area contributed by atoms with E-state index in [1.807, 2.05) is 15.7 Å². The molecule has 0 atom stereocenters. The quantitative estimate of drug-likeness (QED) is 0.785. The first kappa shape index (κ1) is 12.7. The molecule has 0 spiro atoms. The highest BCUT2D eigenvalue weighted by Crippen LogP contribution is 2.37. The highest BCUT2D eigenvalue weighted by molar-refractivity contribution is 5.94. The first-order valence-electron chi connectivity index (χ1n) is 6.54. The maximum Gasteiger partial charge on any atom is 0.270 e. The first-order chi connectivity index (χ1) is 8.67. The number of nitrogens with two attached hydrogens (primary N) is 1. The maximum atomic E-state index is 12.5. The summed E-state index contributed by atoms with van der Waals surface area (Å²) in [6.07, 6.45) is 6.87. The summed E-state index contributed by atoms with van der Waals surface area (Å²) in [6, 6.07) is 2.25. The minimum atomic E-state index is 0.0559. The van der Waals surface area contributed by atoms with Crippen LogP contribution in [0.3, 0.4) is 0 Å². The van der Waals surface area contributed by atoms with Gasteiger partial charge in [0.15, 0.2) is 0 Å². The third-order valence-corrected chi connectivity index (χ3v) is 3.16. The zero-order chi connectivity index (χ0) is 13.1. The van der Waals surface area contributed by atoms with Crippen LogP contribution in [-0.4, -0.2) is 28.5 Å². The second kappa shape index (κ2) is 5.29. The smallest absolute Gasteiger partial charge is 0.270 e. The van der Waals surface area contributed by atoms with Gasteiger partial charge in [0.25, 0.3) is 5.91 Å². The fourth-order valence-corrected chi connectivity index (χ4v) is 2.19. The van der Waals surface area contributed by atoms with Crippen molar-refractivity contribution >= 4 is 11.6 Å². The number of hydrogen-bond acceptors (Lipinski definition) is 2. The van der Waals surface area contributed by atoms with Gasteiger partial charge in [-0.05, 0) is 25.3 Å². The Kier molecular flexibility index (Phi) is 3.75. The average Bonchev–Trinajstić information content (AvgIpc) is 3.11. The van der Waals surface area contributed by atoms with Gasteiger partial charge in [0.05, 0.1) is 5.69 Å². The molecule has 2 rings (SSSR count). The third kappa shape index (κ3) is 2.58. The van der Waals surface area contributed by atoms with Gasteiger partial charge in [0.1, 0.15) is 5.69 Å². The van der Waals surface area contributed by atoms with Crippen LogP contribution in [0.5, 0.6) is 0 Å². The van der Waals surface area contributed by atoms with Gasteiger partial charge in [-0.2, -0.15) is 0 Å². The minimum Gasteiger partial charge on any atom is -0.397 e. The topological polar surface area (TPSA) is 51.3 Å². The van der Waals surface area contributed by atoms with E-state index in [9.17, 15) is 4.79 Å². The zero-order valence-corrected chi connectivity index (χ0v) is 10.9. The molecule has 1 saturated carbocycles. The molecule has 98 valence electrons. The lowest BCUT2D eigenvalue weighted by Gasteiger charge is -2.21. The van der Waals surface area contributed by atoms with Crippen molar-refractivity contribution in [2.45, 2.75) is 32.2 Å². The standard InChI is InChI=1S/C14H21N3O/c1-3-7-16(8-4-2)14(18)13-9-11(15)10-17(13)12-5-6-12/h3,9-10,12H,1,4-8,15H2,2H3. The van der Waals surface area contributed by atoms with E-state index in [0.29, 0.717) is 24.0 Å². The van der Waals surface area contributed by atoms with E-state index in [0.717, 1.165) is 25.8 Å². The van der Waals surface area contributed by atoms with Gasteiger partial charge >= 0.3 is 0 Å². The number of aromatic nitrogens is 1. The van der Waals surface area contributed by atoms with E-state index in [2.05, 4.69) is 13.5 Å². The molecule has 1 heterocycles. The number of carbonyl (C=O) groups is 1. The van der Waals surface area contributed by atoms with E-state index in [1.165, 1.54) is 0 Å². The molecule has 2 N–H and O–H groups in total. The van der Waals surface area contributed by atoms with Gasteiger partial charge < -0.3 is 15.2 Å². The molecule has 0 unspecified atom stereocenters. The second-order valence-corrected chi connectivity index (χ2v) is 4.84. The molecule has 4 nitrogen and oxygen atoms in total. The first-order valence-corrected chi connectivity index (χ1v) is 6.54. The summed E-state index contributed by atoms with van der Waals surface area (Å²) in [4.78, 5) is 14.3. The van der Waals surface area contributed by atoms with Crippen molar-refractivity contribution in [3.8, 4) is 0 Å². The summed E-state index contributed by atoms with van der Waals surface area (Å²) in [5.41, 5.74) is 7.20. The fourth-order valence-electron chi connectivity index (χ4n) is 2.19. The van der Waals surface area contributed by atoms with Crippen LogP contribution < -0.4 is 5.73 Å². The lowest BCUT2D eigenvalue weighted by atomic mass is 10.3. The lowest BCUT2D eigenvalue weighted by molar-refractivity contribution is 0.0763. The van der Waals surface area contributed by atoms with Crippen molar-refractivity contribution in [1.29, 1.82) is 0 Å². The minimum absolute atomic E-state index is 0.0559.